The van der Waals surface area contributed by atoms with Crippen molar-refractivity contribution in [2.24, 2.45) is 11.0 Å². The van der Waals surface area contributed by atoms with Crippen molar-refractivity contribution in [3.63, 3.8) is 0 Å². The zero-order valence-corrected chi connectivity index (χ0v) is 13.1. The number of nitrogens with zero attached hydrogens (tertiary/aromatic N) is 4. The second-order valence-electron chi connectivity index (χ2n) is 5.27. The van der Waals surface area contributed by atoms with E-state index >= 15 is 0 Å². The molecule has 0 saturated carbocycles. The lowest BCUT2D eigenvalue weighted by molar-refractivity contribution is 0.278. The van der Waals surface area contributed by atoms with Crippen LogP contribution in [0, 0.1) is 12.8 Å². The van der Waals surface area contributed by atoms with Gasteiger partial charge >= 0.3 is 0 Å². The summed E-state index contributed by atoms with van der Waals surface area (Å²) in [7, 11) is 0. The first kappa shape index (κ1) is 14.8. The molecule has 5 nitrogen and oxygen atoms in total. The lowest BCUT2D eigenvalue weighted by Crippen LogP contribution is -2.42. The lowest BCUT2D eigenvalue weighted by Gasteiger charge is -2.31. The Balaban J connectivity index is 1.95. The second kappa shape index (κ2) is 6.74. The molecule has 0 atom stereocenters. The number of hydrazone groups is 1. The number of likely N-dealkylation sites (tertiary alicyclic amines) is 1. The molecular formula is C14H21N5S. The molecule has 1 aliphatic rings. The van der Waals surface area contributed by atoms with E-state index in [-0.39, 0.29) is 0 Å². The molecule has 2 rings (SSSR count). The minimum atomic E-state index is 0.692. The summed E-state index contributed by atoms with van der Waals surface area (Å²) in [6, 6.07) is 0. The van der Waals surface area contributed by atoms with Gasteiger partial charge in [0.05, 0.1) is 11.4 Å². The number of rotatable bonds is 2. The highest BCUT2D eigenvalue weighted by molar-refractivity contribution is 7.80. The Hall–Kier alpha value is -1.56. The van der Waals surface area contributed by atoms with Crippen LogP contribution in [-0.2, 0) is 0 Å². The maximum Gasteiger partial charge on any atom is 0.189 e. The summed E-state index contributed by atoms with van der Waals surface area (Å²) in [4.78, 5) is 10.7. The Morgan fingerprint density at radius 3 is 2.65 bits per heavy atom. The van der Waals surface area contributed by atoms with E-state index in [1.165, 1.54) is 12.8 Å². The van der Waals surface area contributed by atoms with E-state index < -0.39 is 0 Å². The third kappa shape index (κ3) is 3.72. The van der Waals surface area contributed by atoms with Gasteiger partial charge in [-0.05, 0) is 44.8 Å². The Labute approximate surface area is 125 Å². The van der Waals surface area contributed by atoms with Crippen LogP contribution in [0.25, 0.3) is 0 Å². The summed E-state index contributed by atoms with van der Waals surface area (Å²) >= 11 is 5.39. The maximum atomic E-state index is 5.39. The highest BCUT2D eigenvalue weighted by atomic mass is 32.1. The number of hydrogen-bond donors (Lipinski definition) is 1. The maximum absolute atomic E-state index is 5.39. The number of piperidine rings is 1. The zero-order chi connectivity index (χ0) is 14.5. The van der Waals surface area contributed by atoms with Crippen molar-refractivity contribution in [2.45, 2.75) is 33.6 Å². The van der Waals surface area contributed by atoms with Gasteiger partial charge in [-0.3, -0.25) is 15.4 Å². The molecule has 0 spiro atoms. The Bertz CT molecular complexity index is 506. The van der Waals surface area contributed by atoms with Gasteiger partial charge in [0, 0.05) is 25.5 Å². The summed E-state index contributed by atoms with van der Waals surface area (Å²) in [6.07, 6.45) is 5.73. The van der Waals surface area contributed by atoms with Crippen molar-refractivity contribution in [1.82, 2.24) is 20.3 Å². The zero-order valence-electron chi connectivity index (χ0n) is 12.3. The molecule has 1 aromatic rings. The topological polar surface area (TPSA) is 53.4 Å². The summed E-state index contributed by atoms with van der Waals surface area (Å²) in [5.41, 5.74) is 5.43. The molecule has 2 heterocycles. The highest BCUT2D eigenvalue weighted by Gasteiger charge is 2.17. The van der Waals surface area contributed by atoms with Crippen molar-refractivity contribution >= 4 is 23.0 Å². The molecule has 1 fully saturated rings. The quantitative estimate of drug-likeness (QED) is 0.514. The summed E-state index contributed by atoms with van der Waals surface area (Å²) < 4.78 is 0. The SMILES string of the molecule is C/C(=N\NC(=S)N1CCC(C)CC1)c1nccnc1C. The van der Waals surface area contributed by atoms with E-state index in [9.17, 15) is 0 Å². The van der Waals surface area contributed by atoms with Gasteiger partial charge in [-0.25, -0.2) is 0 Å². The molecular weight excluding hydrogens is 270 g/mol. The number of nitrogens with one attached hydrogen (secondary N) is 1. The molecule has 108 valence electrons. The largest absolute Gasteiger partial charge is 0.348 e. The van der Waals surface area contributed by atoms with Crippen LogP contribution in [0.3, 0.4) is 0 Å². The number of aromatic nitrogens is 2. The molecule has 1 aromatic heterocycles. The molecule has 0 aliphatic carbocycles. The molecule has 0 radical (unpaired) electrons. The second-order valence-corrected chi connectivity index (χ2v) is 5.66. The van der Waals surface area contributed by atoms with Gasteiger partial charge in [-0.15, -0.1) is 0 Å². The van der Waals surface area contributed by atoms with E-state index in [2.05, 4.69) is 32.3 Å². The van der Waals surface area contributed by atoms with E-state index in [4.69, 9.17) is 12.2 Å². The van der Waals surface area contributed by atoms with Gasteiger partial charge in [0.15, 0.2) is 5.11 Å². The monoisotopic (exact) mass is 291 g/mol. The first-order valence-corrected chi connectivity index (χ1v) is 7.36. The summed E-state index contributed by atoms with van der Waals surface area (Å²) in [5.74, 6) is 0.793. The normalized spacial score (nSPS) is 17.1. The Morgan fingerprint density at radius 2 is 2.00 bits per heavy atom. The molecule has 0 unspecified atom stereocenters. The fraction of sp³-hybridized carbons (Fsp3) is 0.571. The van der Waals surface area contributed by atoms with Crippen LogP contribution in [0.1, 0.15) is 38.1 Å². The average molecular weight is 291 g/mol. The van der Waals surface area contributed by atoms with Crippen LogP contribution < -0.4 is 5.43 Å². The van der Waals surface area contributed by atoms with Gasteiger partial charge in [-0.2, -0.15) is 5.10 Å². The molecule has 1 N–H and O–H groups in total. The van der Waals surface area contributed by atoms with Crippen LogP contribution in [0.2, 0.25) is 0 Å². The summed E-state index contributed by atoms with van der Waals surface area (Å²) in [5, 5.41) is 5.02. The first-order chi connectivity index (χ1) is 9.58. The number of thiocarbonyl (C=S) groups is 1. The van der Waals surface area contributed by atoms with Gasteiger partial charge in [0.1, 0.15) is 5.69 Å². The predicted molar refractivity (Wildman–Crippen MR) is 84.7 cm³/mol. The third-order valence-corrected chi connectivity index (χ3v) is 3.96. The van der Waals surface area contributed by atoms with Crippen LogP contribution in [-0.4, -0.2) is 38.8 Å². The van der Waals surface area contributed by atoms with E-state index in [1.807, 2.05) is 13.8 Å². The van der Waals surface area contributed by atoms with Crippen molar-refractivity contribution in [3.8, 4) is 0 Å². The molecule has 20 heavy (non-hydrogen) atoms. The van der Waals surface area contributed by atoms with Crippen molar-refractivity contribution in [3.05, 3.63) is 23.8 Å². The van der Waals surface area contributed by atoms with E-state index in [0.717, 1.165) is 36.1 Å². The van der Waals surface area contributed by atoms with Crippen molar-refractivity contribution in [1.29, 1.82) is 0 Å². The predicted octanol–water partition coefficient (Wildman–Crippen LogP) is 2.12. The smallest absolute Gasteiger partial charge is 0.189 e. The molecule has 0 bridgehead atoms. The van der Waals surface area contributed by atoms with E-state index in [1.54, 1.807) is 12.4 Å². The van der Waals surface area contributed by atoms with Gasteiger partial charge in [-0.1, -0.05) is 6.92 Å². The molecule has 0 aromatic carbocycles. The van der Waals surface area contributed by atoms with Crippen LogP contribution in [0.4, 0.5) is 0 Å². The van der Waals surface area contributed by atoms with E-state index in [0.29, 0.717) is 5.11 Å². The fourth-order valence-corrected chi connectivity index (χ4v) is 2.46. The van der Waals surface area contributed by atoms with Crippen molar-refractivity contribution < 1.29 is 0 Å². The van der Waals surface area contributed by atoms with Crippen LogP contribution in [0.15, 0.2) is 17.5 Å². The first-order valence-electron chi connectivity index (χ1n) is 6.95. The lowest BCUT2D eigenvalue weighted by atomic mass is 10.00. The Kier molecular flexibility index (Phi) is 5.00. The van der Waals surface area contributed by atoms with Gasteiger partial charge in [0.25, 0.3) is 0 Å². The molecule has 1 saturated heterocycles. The van der Waals surface area contributed by atoms with Crippen molar-refractivity contribution in [2.75, 3.05) is 13.1 Å². The molecule has 6 heteroatoms. The third-order valence-electron chi connectivity index (χ3n) is 3.61. The number of hydrogen-bond acceptors (Lipinski definition) is 4. The minimum Gasteiger partial charge on any atom is -0.348 e. The minimum absolute atomic E-state index is 0.692. The average Bonchev–Trinajstić information content (AvgIpc) is 2.45. The molecule has 1 aliphatic heterocycles. The fourth-order valence-electron chi connectivity index (χ4n) is 2.23. The Morgan fingerprint density at radius 1 is 1.35 bits per heavy atom. The highest BCUT2D eigenvalue weighted by Crippen LogP contribution is 2.15. The summed E-state index contributed by atoms with van der Waals surface area (Å²) in [6.45, 7) is 8.13. The van der Waals surface area contributed by atoms with Gasteiger partial charge < -0.3 is 4.90 Å². The number of aryl methyl sites for hydroxylation is 1. The van der Waals surface area contributed by atoms with Crippen LogP contribution >= 0.6 is 12.2 Å². The standard InChI is InChI=1S/C14H21N5S/c1-10-4-8-19(9-5-10)14(20)18-17-12(3)13-11(2)15-6-7-16-13/h6-7,10H,4-5,8-9H2,1-3H3,(H,18,20)/b17-12+. The van der Waals surface area contributed by atoms with Gasteiger partial charge in [0.2, 0.25) is 0 Å². The van der Waals surface area contributed by atoms with Crippen LogP contribution in [0.5, 0.6) is 0 Å². The molecule has 0 amide bonds.